The first-order chi connectivity index (χ1) is 8.83. The molecule has 0 atom stereocenters. The van der Waals surface area contributed by atoms with Gasteiger partial charge in [0.15, 0.2) is 0 Å². The summed E-state index contributed by atoms with van der Waals surface area (Å²) in [5.74, 6) is 0. The number of para-hydroxylation sites is 1. The molecule has 0 saturated carbocycles. The Bertz CT molecular complexity index is 889. The molecule has 86 valence electrons. The van der Waals surface area contributed by atoms with Gasteiger partial charge in [-0.15, -0.1) is 11.3 Å². The molecular formula is C16H11NS. The molecule has 0 amide bonds. The minimum absolute atomic E-state index is 1.12. The number of hydrogen-bond donors (Lipinski definition) is 0. The fourth-order valence-electron chi connectivity index (χ4n) is 2.47. The maximum Gasteiger partial charge on any atom is 0.0896 e. The number of nitrogens with zero attached hydrogens (tertiary/aromatic N) is 1. The average Bonchev–Trinajstić information content (AvgIpc) is 2.75. The van der Waals surface area contributed by atoms with Crippen molar-refractivity contribution in [2.45, 2.75) is 6.92 Å². The molecule has 0 unspecified atom stereocenters. The molecule has 0 saturated heterocycles. The predicted octanol–water partition coefficient (Wildman–Crippen LogP) is 4.91. The van der Waals surface area contributed by atoms with Crippen molar-refractivity contribution in [3.05, 3.63) is 54.1 Å². The third-order valence-corrected chi connectivity index (χ3v) is 4.48. The van der Waals surface area contributed by atoms with E-state index in [9.17, 15) is 0 Å². The van der Waals surface area contributed by atoms with Crippen LogP contribution in [0.4, 0.5) is 0 Å². The zero-order valence-corrected chi connectivity index (χ0v) is 10.8. The van der Waals surface area contributed by atoms with Gasteiger partial charge in [0.1, 0.15) is 0 Å². The molecule has 0 radical (unpaired) electrons. The van der Waals surface area contributed by atoms with E-state index in [4.69, 9.17) is 4.98 Å². The monoisotopic (exact) mass is 249 g/mol. The fourth-order valence-corrected chi connectivity index (χ4v) is 3.56. The zero-order valence-electron chi connectivity index (χ0n) is 9.97. The molecule has 0 aliphatic carbocycles. The van der Waals surface area contributed by atoms with E-state index in [-0.39, 0.29) is 0 Å². The largest absolute Gasteiger partial charge is 0.246 e. The summed E-state index contributed by atoms with van der Waals surface area (Å²) in [7, 11) is 0. The molecule has 0 N–H and O–H groups in total. The molecule has 0 spiro atoms. The van der Waals surface area contributed by atoms with Crippen LogP contribution in [0.25, 0.3) is 31.2 Å². The van der Waals surface area contributed by atoms with E-state index in [1.165, 1.54) is 25.7 Å². The van der Waals surface area contributed by atoms with Crippen LogP contribution >= 0.6 is 11.3 Å². The van der Waals surface area contributed by atoms with Crippen molar-refractivity contribution in [2.75, 3.05) is 0 Å². The number of aryl methyl sites for hydroxylation is 1. The molecule has 18 heavy (non-hydrogen) atoms. The minimum Gasteiger partial charge on any atom is -0.246 e. The second-order valence-electron chi connectivity index (χ2n) is 4.58. The third kappa shape index (κ3) is 1.30. The van der Waals surface area contributed by atoms with E-state index in [2.05, 4.69) is 55.5 Å². The van der Waals surface area contributed by atoms with Gasteiger partial charge in [0, 0.05) is 15.5 Å². The SMILES string of the molecule is Cc1cccc2cc3sc4ccccc4c3nc12. The third-order valence-electron chi connectivity index (χ3n) is 3.37. The van der Waals surface area contributed by atoms with E-state index in [0.29, 0.717) is 0 Å². The second-order valence-corrected chi connectivity index (χ2v) is 5.66. The number of thiophene rings is 1. The summed E-state index contributed by atoms with van der Waals surface area (Å²) < 4.78 is 2.59. The Morgan fingerprint density at radius 2 is 1.78 bits per heavy atom. The van der Waals surface area contributed by atoms with E-state index in [1.807, 2.05) is 11.3 Å². The van der Waals surface area contributed by atoms with E-state index >= 15 is 0 Å². The lowest BCUT2D eigenvalue weighted by molar-refractivity contribution is 1.44. The number of aromatic nitrogens is 1. The van der Waals surface area contributed by atoms with Crippen molar-refractivity contribution < 1.29 is 0 Å². The van der Waals surface area contributed by atoms with E-state index < -0.39 is 0 Å². The zero-order chi connectivity index (χ0) is 12.1. The maximum atomic E-state index is 4.88. The average molecular weight is 249 g/mol. The van der Waals surface area contributed by atoms with Gasteiger partial charge in [0.25, 0.3) is 0 Å². The lowest BCUT2D eigenvalue weighted by Gasteiger charge is -2.01. The van der Waals surface area contributed by atoms with Gasteiger partial charge >= 0.3 is 0 Å². The molecule has 0 aliphatic rings. The van der Waals surface area contributed by atoms with Crippen LogP contribution in [0, 0.1) is 6.92 Å². The molecule has 2 heterocycles. The van der Waals surface area contributed by atoms with Gasteiger partial charge in [0.05, 0.1) is 15.7 Å². The van der Waals surface area contributed by atoms with Gasteiger partial charge in [-0.2, -0.15) is 0 Å². The van der Waals surface area contributed by atoms with Gasteiger partial charge in [-0.25, -0.2) is 4.98 Å². The van der Waals surface area contributed by atoms with Crippen LogP contribution in [0.15, 0.2) is 48.5 Å². The topological polar surface area (TPSA) is 12.9 Å². The molecule has 0 aliphatic heterocycles. The molecular weight excluding hydrogens is 238 g/mol. The van der Waals surface area contributed by atoms with Crippen LogP contribution in [-0.4, -0.2) is 4.98 Å². The maximum absolute atomic E-state index is 4.88. The van der Waals surface area contributed by atoms with Crippen LogP contribution in [0.2, 0.25) is 0 Å². The first-order valence-electron chi connectivity index (χ1n) is 6.00. The highest BCUT2D eigenvalue weighted by Crippen LogP contribution is 2.34. The summed E-state index contributed by atoms with van der Waals surface area (Å²) in [6, 6.07) is 17.1. The minimum atomic E-state index is 1.12. The van der Waals surface area contributed by atoms with Crippen LogP contribution in [0.1, 0.15) is 5.56 Å². The van der Waals surface area contributed by atoms with Crippen molar-refractivity contribution in [1.29, 1.82) is 0 Å². The number of hydrogen-bond acceptors (Lipinski definition) is 2. The lowest BCUT2D eigenvalue weighted by atomic mass is 10.1. The first-order valence-corrected chi connectivity index (χ1v) is 6.82. The lowest BCUT2D eigenvalue weighted by Crippen LogP contribution is -1.83. The van der Waals surface area contributed by atoms with Gasteiger partial charge in [-0.3, -0.25) is 0 Å². The van der Waals surface area contributed by atoms with Gasteiger partial charge < -0.3 is 0 Å². The number of benzene rings is 2. The Labute approximate surface area is 109 Å². The van der Waals surface area contributed by atoms with Gasteiger partial charge in [0.2, 0.25) is 0 Å². The summed E-state index contributed by atoms with van der Waals surface area (Å²) in [5.41, 5.74) is 3.50. The van der Waals surface area contributed by atoms with Gasteiger partial charge in [-0.05, 0) is 24.6 Å². The Kier molecular flexibility index (Phi) is 1.97. The molecule has 0 bridgehead atoms. The summed E-state index contributed by atoms with van der Waals surface area (Å²) in [6.45, 7) is 2.12. The fraction of sp³-hybridized carbons (Fsp3) is 0.0625. The number of pyridine rings is 1. The molecule has 2 aromatic heterocycles. The van der Waals surface area contributed by atoms with Crippen molar-refractivity contribution in [1.82, 2.24) is 4.98 Å². The van der Waals surface area contributed by atoms with Crippen LogP contribution in [-0.2, 0) is 0 Å². The van der Waals surface area contributed by atoms with Crippen molar-refractivity contribution >= 4 is 42.5 Å². The first kappa shape index (κ1) is 10.0. The molecule has 0 fully saturated rings. The molecule has 2 aromatic carbocycles. The van der Waals surface area contributed by atoms with Crippen LogP contribution in [0.3, 0.4) is 0 Å². The van der Waals surface area contributed by atoms with Crippen molar-refractivity contribution in [3.8, 4) is 0 Å². The summed E-state index contributed by atoms with van der Waals surface area (Å²) in [5, 5.41) is 2.50. The summed E-state index contributed by atoms with van der Waals surface area (Å²) in [6.07, 6.45) is 0. The van der Waals surface area contributed by atoms with Crippen molar-refractivity contribution in [3.63, 3.8) is 0 Å². The Hall–Kier alpha value is -1.93. The Morgan fingerprint density at radius 1 is 0.889 bits per heavy atom. The van der Waals surface area contributed by atoms with Crippen LogP contribution in [0.5, 0.6) is 0 Å². The molecule has 4 aromatic rings. The van der Waals surface area contributed by atoms with Crippen molar-refractivity contribution in [2.24, 2.45) is 0 Å². The standard InChI is InChI=1S/C16H11NS/c1-10-5-4-6-11-9-14-16(17-15(10)11)12-7-2-3-8-13(12)18-14/h2-9H,1H3. The molecule has 1 nitrogen and oxygen atoms in total. The highest BCUT2D eigenvalue weighted by atomic mass is 32.1. The molecule has 2 heteroatoms. The van der Waals surface area contributed by atoms with Crippen LogP contribution < -0.4 is 0 Å². The smallest absolute Gasteiger partial charge is 0.0896 e. The van der Waals surface area contributed by atoms with E-state index in [1.54, 1.807) is 0 Å². The summed E-state index contributed by atoms with van der Waals surface area (Å²) in [4.78, 5) is 4.88. The predicted molar refractivity (Wildman–Crippen MR) is 79.4 cm³/mol. The molecule has 4 rings (SSSR count). The number of rotatable bonds is 0. The summed E-state index contributed by atoms with van der Waals surface area (Å²) >= 11 is 1.82. The quantitative estimate of drug-likeness (QED) is 0.431. The van der Waals surface area contributed by atoms with E-state index in [0.717, 1.165) is 11.0 Å². The second kappa shape index (κ2) is 3.53. The highest BCUT2D eigenvalue weighted by molar-refractivity contribution is 7.25. The number of fused-ring (bicyclic) bond motifs is 4. The highest BCUT2D eigenvalue weighted by Gasteiger charge is 2.08. The van der Waals surface area contributed by atoms with Gasteiger partial charge in [-0.1, -0.05) is 36.4 Å². The Balaban J connectivity index is 2.28. The Morgan fingerprint density at radius 3 is 2.72 bits per heavy atom. The normalized spacial score (nSPS) is 11.6.